The first-order valence-electron chi connectivity index (χ1n) is 14.0. The van der Waals surface area contributed by atoms with E-state index < -0.39 is 15.6 Å². The Morgan fingerprint density at radius 2 is 1.67 bits per heavy atom. The molecule has 13 nitrogen and oxygen atoms in total. The summed E-state index contributed by atoms with van der Waals surface area (Å²) in [4.78, 5) is 20.7. The Hall–Kier alpha value is -3.78. The molecular weight excluding hydrogens is 560 g/mol. The number of ether oxygens (including phenoxy) is 2. The third kappa shape index (κ3) is 6.49. The van der Waals surface area contributed by atoms with Crippen LogP contribution in [0.1, 0.15) is 52.0 Å². The molecular formula is C28H38N8O5S. The number of tetrazole rings is 1. The first-order valence-corrected chi connectivity index (χ1v) is 15.6. The van der Waals surface area contributed by atoms with Crippen LogP contribution in [0.4, 0.5) is 10.5 Å². The second-order valence-corrected chi connectivity index (χ2v) is 13.5. The summed E-state index contributed by atoms with van der Waals surface area (Å²) in [5.74, 6) is 0.990. The van der Waals surface area contributed by atoms with Gasteiger partial charge in [0.15, 0.2) is 10.9 Å². The van der Waals surface area contributed by atoms with E-state index in [0.29, 0.717) is 38.4 Å². The maximum atomic E-state index is 12.7. The lowest BCUT2D eigenvalue weighted by Gasteiger charge is -2.47. The van der Waals surface area contributed by atoms with E-state index in [1.54, 1.807) is 22.8 Å². The maximum Gasteiger partial charge on any atom is 0.410 e. The number of hydrogen-bond acceptors (Lipinski definition) is 10. The van der Waals surface area contributed by atoms with Crippen molar-refractivity contribution in [2.75, 3.05) is 38.2 Å². The van der Waals surface area contributed by atoms with Gasteiger partial charge in [0.05, 0.1) is 24.9 Å². The number of rotatable bonds is 6. The summed E-state index contributed by atoms with van der Waals surface area (Å²) in [5, 5.41) is 17.6. The molecule has 2 fully saturated rings. The summed E-state index contributed by atoms with van der Waals surface area (Å²) in [6.45, 7) is 8.65. The molecule has 14 heteroatoms. The van der Waals surface area contributed by atoms with Crippen LogP contribution >= 0.6 is 0 Å². The summed E-state index contributed by atoms with van der Waals surface area (Å²) in [5.41, 5.74) is 1.45. The molecule has 42 heavy (non-hydrogen) atoms. The summed E-state index contributed by atoms with van der Waals surface area (Å²) in [6, 6.07) is 9.26. The SMILES string of the molecule is COc1ccc(Cn2nnnc2-c2c(N3CCC4(CCN(C(=O)OC(C)(C)C)CC4)CC3)ccnc2S(N)(=O)=O)cc1. The number of carbonyl (C=O) groups excluding carboxylic acids is 1. The molecule has 2 aromatic heterocycles. The average molecular weight is 599 g/mol. The predicted octanol–water partition coefficient (Wildman–Crippen LogP) is 3.06. The van der Waals surface area contributed by atoms with Crippen LogP contribution in [-0.2, 0) is 21.3 Å². The minimum Gasteiger partial charge on any atom is -0.497 e. The van der Waals surface area contributed by atoms with E-state index in [2.05, 4.69) is 25.4 Å². The Morgan fingerprint density at radius 3 is 2.26 bits per heavy atom. The molecule has 0 aliphatic carbocycles. The fourth-order valence-electron chi connectivity index (χ4n) is 5.73. The quantitative estimate of drug-likeness (QED) is 0.447. The summed E-state index contributed by atoms with van der Waals surface area (Å²) >= 11 is 0. The molecule has 2 aliphatic heterocycles. The first-order chi connectivity index (χ1) is 19.9. The molecule has 0 radical (unpaired) electrons. The number of piperidine rings is 2. The monoisotopic (exact) mass is 598 g/mol. The molecule has 1 spiro atoms. The number of likely N-dealkylation sites (tertiary alicyclic amines) is 1. The number of anilines is 1. The Labute approximate surface area is 246 Å². The van der Waals surface area contributed by atoms with Crippen molar-refractivity contribution in [3.63, 3.8) is 0 Å². The summed E-state index contributed by atoms with van der Waals surface area (Å²) in [7, 11) is -2.59. The highest BCUT2D eigenvalue weighted by atomic mass is 32.2. The van der Waals surface area contributed by atoms with E-state index >= 15 is 0 Å². The van der Waals surface area contributed by atoms with Gasteiger partial charge in [-0.3, -0.25) is 0 Å². The van der Waals surface area contributed by atoms with Crippen LogP contribution in [0, 0.1) is 5.41 Å². The lowest BCUT2D eigenvalue weighted by Crippen LogP contribution is -2.49. The Kier molecular flexibility index (Phi) is 8.12. The second-order valence-electron chi connectivity index (χ2n) is 12.0. The number of hydrogen-bond donors (Lipinski definition) is 1. The van der Waals surface area contributed by atoms with Gasteiger partial charge in [-0.05, 0) is 86.1 Å². The lowest BCUT2D eigenvalue weighted by atomic mass is 9.71. The van der Waals surface area contributed by atoms with Crippen LogP contribution in [0.2, 0.25) is 0 Å². The molecule has 3 aromatic rings. The third-order valence-corrected chi connectivity index (χ3v) is 8.90. The molecule has 2 aliphatic rings. The van der Waals surface area contributed by atoms with Crippen LogP contribution < -0.4 is 14.8 Å². The van der Waals surface area contributed by atoms with Crippen LogP contribution in [0.15, 0.2) is 41.6 Å². The topological polar surface area (TPSA) is 159 Å². The fourth-order valence-corrected chi connectivity index (χ4v) is 6.42. The van der Waals surface area contributed by atoms with Crippen molar-refractivity contribution in [1.29, 1.82) is 0 Å². The second kappa shape index (κ2) is 11.5. The number of amides is 1. The van der Waals surface area contributed by atoms with Gasteiger partial charge in [-0.15, -0.1) is 5.10 Å². The molecule has 5 rings (SSSR count). The van der Waals surface area contributed by atoms with Crippen molar-refractivity contribution >= 4 is 21.8 Å². The van der Waals surface area contributed by atoms with Crippen LogP contribution in [0.3, 0.4) is 0 Å². The highest BCUT2D eigenvalue weighted by Gasteiger charge is 2.40. The van der Waals surface area contributed by atoms with Gasteiger partial charge in [-0.1, -0.05) is 12.1 Å². The van der Waals surface area contributed by atoms with E-state index in [4.69, 9.17) is 14.6 Å². The molecule has 0 atom stereocenters. The molecule has 1 amide bonds. The van der Waals surface area contributed by atoms with Gasteiger partial charge >= 0.3 is 6.09 Å². The summed E-state index contributed by atoms with van der Waals surface area (Å²) < 4.78 is 37.8. The van der Waals surface area contributed by atoms with Gasteiger partial charge in [-0.2, -0.15) is 0 Å². The average Bonchev–Trinajstić information content (AvgIpc) is 3.40. The Balaban J connectivity index is 1.37. The van der Waals surface area contributed by atoms with Crippen molar-refractivity contribution in [2.24, 2.45) is 10.6 Å². The number of sulfonamides is 1. The predicted molar refractivity (Wildman–Crippen MR) is 155 cm³/mol. The lowest BCUT2D eigenvalue weighted by molar-refractivity contribution is 0.00665. The van der Waals surface area contributed by atoms with Gasteiger partial charge in [0.2, 0.25) is 0 Å². The van der Waals surface area contributed by atoms with Crippen molar-refractivity contribution in [3.8, 4) is 17.1 Å². The molecule has 2 saturated heterocycles. The number of aromatic nitrogens is 5. The molecule has 226 valence electrons. The first kappa shape index (κ1) is 29.7. The van der Waals surface area contributed by atoms with E-state index in [0.717, 1.165) is 37.0 Å². The number of primary sulfonamides is 1. The molecule has 1 aromatic carbocycles. The number of carbonyl (C=O) groups is 1. The Bertz CT molecular complexity index is 1520. The molecule has 2 N–H and O–H groups in total. The van der Waals surface area contributed by atoms with E-state index in [1.165, 1.54) is 6.20 Å². The molecule has 0 bridgehead atoms. The van der Waals surface area contributed by atoms with Gasteiger partial charge in [0.25, 0.3) is 10.0 Å². The maximum absolute atomic E-state index is 12.7. The number of methoxy groups -OCH3 is 1. The van der Waals surface area contributed by atoms with E-state index in [-0.39, 0.29) is 27.9 Å². The molecule has 4 heterocycles. The largest absolute Gasteiger partial charge is 0.497 e. The van der Waals surface area contributed by atoms with E-state index in [1.807, 2.05) is 45.0 Å². The molecule has 0 saturated carbocycles. The summed E-state index contributed by atoms with van der Waals surface area (Å²) in [6.07, 6.45) is 4.79. The highest BCUT2D eigenvalue weighted by molar-refractivity contribution is 7.89. The highest BCUT2D eigenvalue weighted by Crippen LogP contribution is 2.44. The van der Waals surface area contributed by atoms with Gasteiger partial charge < -0.3 is 19.3 Å². The number of nitrogens with two attached hydrogens (primary N) is 1. The zero-order valence-corrected chi connectivity index (χ0v) is 25.3. The smallest absolute Gasteiger partial charge is 0.410 e. The zero-order valence-electron chi connectivity index (χ0n) is 24.5. The Morgan fingerprint density at radius 1 is 1.02 bits per heavy atom. The number of benzene rings is 1. The molecule has 0 unspecified atom stereocenters. The van der Waals surface area contributed by atoms with Gasteiger partial charge in [0.1, 0.15) is 11.4 Å². The normalized spacial score (nSPS) is 17.4. The van der Waals surface area contributed by atoms with Crippen molar-refractivity contribution in [3.05, 3.63) is 42.1 Å². The van der Waals surface area contributed by atoms with Gasteiger partial charge in [0, 0.05) is 32.4 Å². The minimum absolute atomic E-state index is 0.112. The number of nitrogens with zero attached hydrogens (tertiary/aromatic N) is 7. The van der Waals surface area contributed by atoms with Crippen molar-refractivity contribution in [1.82, 2.24) is 30.1 Å². The number of pyridine rings is 1. The van der Waals surface area contributed by atoms with Crippen LogP contribution in [0.5, 0.6) is 5.75 Å². The fraction of sp³-hybridized carbons (Fsp3) is 0.536. The zero-order chi connectivity index (χ0) is 30.1. The standard InChI is InChI=1S/C28H38N8O5S/c1-27(2,3)41-26(37)35-17-12-28(13-18-35)10-15-34(16-11-28)22-9-14-30-25(42(29,38)39)23(22)24-31-32-33-36(24)19-20-5-7-21(40-4)8-6-20/h5-9,14H,10-13,15-19H2,1-4H3,(H2,29,38,39). The van der Waals surface area contributed by atoms with Gasteiger partial charge in [-0.25, -0.2) is 28.0 Å². The third-order valence-electron chi connectivity index (χ3n) is 8.05. The van der Waals surface area contributed by atoms with Crippen LogP contribution in [0.25, 0.3) is 11.4 Å². The van der Waals surface area contributed by atoms with Crippen LogP contribution in [-0.4, -0.2) is 83.5 Å². The van der Waals surface area contributed by atoms with Crippen molar-refractivity contribution < 1.29 is 22.7 Å². The minimum atomic E-state index is -4.19. The van der Waals surface area contributed by atoms with E-state index in [9.17, 15) is 13.2 Å². The van der Waals surface area contributed by atoms with Crippen molar-refractivity contribution in [2.45, 2.75) is 63.6 Å².